The number of benzene rings is 1. The number of hydrogen-bond donors (Lipinski definition) is 2. The van der Waals surface area contributed by atoms with Gasteiger partial charge < -0.3 is 11.1 Å². The molecule has 0 atom stereocenters. The van der Waals surface area contributed by atoms with Crippen LogP contribution in [0, 0.1) is 0 Å². The van der Waals surface area contributed by atoms with Crippen molar-refractivity contribution in [2.45, 2.75) is 57.4 Å². The number of nitrogens with one attached hydrogen (secondary N) is 1. The lowest BCUT2D eigenvalue weighted by Crippen LogP contribution is -2.22. The summed E-state index contributed by atoms with van der Waals surface area (Å²) in [4.78, 5) is 0. The zero-order chi connectivity index (χ0) is 12.0. The lowest BCUT2D eigenvalue weighted by Gasteiger charge is -2.39. The van der Waals surface area contributed by atoms with Crippen molar-refractivity contribution in [1.29, 1.82) is 0 Å². The summed E-state index contributed by atoms with van der Waals surface area (Å²) in [6.45, 7) is 4.32. The molecule has 3 aliphatic rings. The maximum Gasteiger partial charge on any atom is 0.0578 e. The lowest BCUT2D eigenvalue weighted by atomic mass is 9.67. The second-order valence-electron chi connectivity index (χ2n) is 5.92. The Morgan fingerprint density at radius 3 is 2.12 bits per heavy atom. The van der Waals surface area contributed by atoms with Crippen LogP contribution in [-0.2, 0) is 0 Å². The van der Waals surface area contributed by atoms with Crippen LogP contribution in [0.5, 0.6) is 0 Å². The fourth-order valence-electron chi connectivity index (χ4n) is 3.51. The molecule has 3 N–H and O–H groups in total. The first kappa shape index (κ1) is 10.9. The van der Waals surface area contributed by atoms with E-state index in [0.717, 1.165) is 23.2 Å². The Balaban J connectivity index is 2.03. The molecule has 0 aromatic heterocycles. The maximum absolute atomic E-state index is 6.16. The first-order valence-corrected chi connectivity index (χ1v) is 6.85. The lowest BCUT2D eigenvalue weighted by molar-refractivity contribution is 0.359. The van der Waals surface area contributed by atoms with E-state index in [0.29, 0.717) is 6.04 Å². The van der Waals surface area contributed by atoms with Crippen LogP contribution in [0.1, 0.15) is 62.5 Å². The van der Waals surface area contributed by atoms with E-state index in [1.54, 1.807) is 11.1 Å². The number of anilines is 2. The summed E-state index contributed by atoms with van der Waals surface area (Å²) in [5.74, 6) is 1.58. The van der Waals surface area contributed by atoms with Crippen molar-refractivity contribution >= 4 is 11.4 Å². The molecule has 0 spiro atoms. The van der Waals surface area contributed by atoms with Crippen LogP contribution in [0.3, 0.4) is 0 Å². The molecule has 2 nitrogen and oxygen atoms in total. The van der Waals surface area contributed by atoms with Crippen LogP contribution in [0.15, 0.2) is 12.1 Å². The number of nitrogens with two attached hydrogens (primary N) is 1. The van der Waals surface area contributed by atoms with Gasteiger partial charge in [-0.3, -0.25) is 0 Å². The first-order chi connectivity index (χ1) is 8.15. The Kier molecular flexibility index (Phi) is 2.53. The smallest absolute Gasteiger partial charge is 0.0578 e. The standard InChI is InChI=1S/C15H22N2/c1-9(2)17-15-8-13-11-5-3-10(4-6-11)12(13)7-14(15)16/h7-11,17H,3-6,16H2,1-2H3. The Labute approximate surface area is 104 Å². The van der Waals surface area contributed by atoms with E-state index in [9.17, 15) is 0 Å². The molecule has 1 saturated carbocycles. The van der Waals surface area contributed by atoms with Crippen molar-refractivity contribution in [3.8, 4) is 0 Å². The molecule has 0 heterocycles. The van der Waals surface area contributed by atoms with Crippen LogP contribution < -0.4 is 11.1 Å². The minimum atomic E-state index is 0.441. The van der Waals surface area contributed by atoms with Gasteiger partial charge in [-0.05, 0) is 74.6 Å². The van der Waals surface area contributed by atoms with Gasteiger partial charge in [0.15, 0.2) is 0 Å². The third-order valence-electron chi connectivity index (χ3n) is 4.31. The molecule has 2 heteroatoms. The van der Waals surface area contributed by atoms with Crippen LogP contribution in [0.4, 0.5) is 11.4 Å². The Bertz CT molecular complexity index is 429. The molecule has 0 unspecified atom stereocenters. The molecule has 4 rings (SSSR count). The van der Waals surface area contributed by atoms with E-state index in [1.165, 1.54) is 25.7 Å². The van der Waals surface area contributed by atoms with Gasteiger partial charge in [-0.1, -0.05) is 0 Å². The summed E-state index contributed by atoms with van der Waals surface area (Å²) in [7, 11) is 0. The summed E-state index contributed by atoms with van der Waals surface area (Å²) in [5.41, 5.74) is 11.3. The molecule has 0 aliphatic heterocycles. The molecular weight excluding hydrogens is 208 g/mol. The summed E-state index contributed by atoms with van der Waals surface area (Å²) < 4.78 is 0. The van der Waals surface area contributed by atoms with E-state index < -0.39 is 0 Å². The molecule has 2 bridgehead atoms. The summed E-state index contributed by atoms with van der Waals surface area (Å²) in [6.07, 6.45) is 5.49. The van der Waals surface area contributed by atoms with Crippen molar-refractivity contribution in [3.05, 3.63) is 23.3 Å². The molecule has 92 valence electrons. The van der Waals surface area contributed by atoms with Gasteiger partial charge in [0, 0.05) is 6.04 Å². The van der Waals surface area contributed by atoms with Crippen molar-refractivity contribution in [1.82, 2.24) is 0 Å². The van der Waals surface area contributed by atoms with Crippen molar-refractivity contribution in [3.63, 3.8) is 0 Å². The van der Waals surface area contributed by atoms with Gasteiger partial charge in [-0.15, -0.1) is 0 Å². The van der Waals surface area contributed by atoms with Gasteiger partial charge in [0.1, 0.15) is 0 Å². The van der Waals surface area contributed by atoms with Gasteiger partial charge in [0.05, 0.1) is 11.4 Å². The normalized spacial score (nSPS) is 26.1. The van der Waals surface area contributed by atoms with E-state index in [4.69, 9.17) is 5.73 Å². The highest BCUT2D eigenvalue weighted by atomic mass is 14.9. The van der Waals surface area contributed by atoms with Gasteiger partial charge in [-0.2, -0.15) is 0 Å². The fraction of sp³-hybridized carbons (Fsp3) is 0.600. The van der Waals surface area contributed by atoms with Crippen molar-refractivity contribution in [2.24, 2.45) is 0 Å². The monoisotopic (exact) mass is 230 g/mol. The average molecular weight is 230 g/mol. The molecule has 0 saturated heterocycles. The van der Waals surface area contributed by atoms with Gasteiger partial charge in [0.2, 0.25) is 0 Å². The van der Waals surface area contributed by atoms with Crippen LogP contribution >= 0.6 is 0 Å². The molecule has 3 aliphatic carbocycles. The number of nitrogen functional groups attached to an aromatic ring is 1. The number of rotatable bonds is 2. The second kappa shape index (κ2) is 3.94. The van der Waals surface area contributed by atoms with Gasteiger partial charge in [-0.25, -0.2) is 0 Å². The highest BCUT2D eigenvalue weighted by molar-refractivity contribution is 5.70. The molecule has 1 fully saturated rings. The maximum atomic E-state index is 6.16. The van der Waals surface area contributed by atoms with Crippen LogP contribution in [-0.4, -0.2) is 6.04 Å². The number of fused-ring (bicyclic) bond motifs is 2. The largest absolute Gasteiger partial charge is 0.397 e. The van der Waals surface area contributed by atoms with E-state index in [2.05, 4.69) is 31.3 Å². The predicted octanol–water partition coefficient (Wildman–Crippen LogP) is 3.84. The highest BCUT2D eigenvalue weighted by Gasteiger charge is 2.33. The van der Waals surface area contributed by atoms with E-state index in [1.807, 2.05) is 0 Å². The van der Waals surface area contributed by atoms with E-state index in [-0.39, 0.29) is 0 Å². The quantitative estimate of drug-likeness (QED) is 0.757. The van der Waals surface area contributed by atoms with Crippen molar-refractivity contribution < 1.29 is 0 Å². The molecule has 1 aromatic rings. The topological polar surface area (TPSA) is 38.0 Å². The van der Waals surface area contributed by atoms with Crippen molar-refractivity contribution in [2.75, 3.05) is 11.1 Å². The Morgan fingerprint density at radius 1 is 1.06 bits per heavy atom. The third-order valence-corrected chi connectivity index (χ3v) is 4.31. The fourth-order valence-corrected chi connectivity index (χ4v) is 3.51. The molecule has 0 amide bonds. The minimum Gasteiger partial charge on any atom is -0.397 e. The van der Waals surface area contributed by atoms with Gasteiger partial charge >= 0.3 is 0 Å². The minimum absolute atomic E-state index is 0.441. The second-order valence-corrected chi connectivity index (χ2v) is 5.92. The molecule has 1 aromatic carbocycles. The SMILES string of the molecule is CC(C)Nc1cc2c(cc1N)C1CCC2CC1. The number of hydrogen-bond acceptors (Lipinski definition) is 2. The molecular formula is C15H22N2. The average Bonchev–Trinajstić information content (AvgIpc) is 2.31. The summed E-state index contributed by atoms with van der Waals surface area (Å²) in [6, 6.07) is 4.99. The molecule has 17 heavy (non-hydrogen) atoms. The van der Waals surface area contributed by atoms with Crippen LogP contribution in [0.2, 0.25) is 0 Å². The summed E-state index contributed by atoms with van der Waals surface area (Å²) in [5, 5.41) is 3.46. The Hall–Kier alpha value is -1.18. The summed E-state index contributed by atoms with van der Waals surface area (Å²) >= 11 is 0. The van der Waals surface area contributed by atoms with Crippen LogP contribution in [0.25, 0.3) is 0 Å². The zero-order valence-corrected chi connectivity index (χ0v) is 10.8. The molecule has 0 radical (unpaired) electrons. The van der Waals surface area contributed by atoms with E-state index >= 15 is 0 Å². The third kappa shape index (κ3) is 1.80. The van der Waals surface area contributed by atoms with Gasteiger partial charge in [0.25, 0.3) is 0 Å². The highest BCUT2D eigenvalue weighted by Crippen LogP contribution is 2.50. The Morgan fingerprint density at radius 2 is 1.59 bits per heavy atom. The zero-order valence-electron chi connectivity index (χ0n) is 10.8. The first-order valence-electron chi connectivity index (χ1n) is 6.85. The predicted molar refractivity (Wildman–Crippen MR) is 73.6 cm³/mol.